The molecule has 0 fully saturated rings. The number of H-pyrrole nitrogens is 1. The Morgan fingerprint density at radius 2 is 1.16 bits per heavy atom. The minimum absolute atomic E-state index is 0.0619. The van der Waals surface area contributed by atoms with E-state index in [0.29, 0.717) is 50.7 Å². The van der Waals surface area contributed by atoms with Crippen molar-refractivity contribution in [3.8, 4) is 0 Å². The lowest BCUT2D eigenvalue weighted by Gasteiger charge is -2.15. The molecule has 23 nitrogen and oxygen atoms in total. The van der Waals surface area contributed by atoms with Crippen molar-refractivity contribution in [1.82, 2.24) is 71.8 Å². The van der Waals surface area contributed by atoms with Crippen molar-refractivity contribution in [1.29, 1.82) is 0 Å². The van der Waals surface area contributed by atoms with Crippen LogP contribution in [-0.2, 0) is 48.8 Å². The summed E-state index contributed by atoms with van der Waals surface area (Å²) in [6, 6.07) is 22.7. The maximum absolute atomic E-state index is 12.6. The molecule has 11 aromatic rings. The summed E-state index contributed by atoms with van der Waals surface area (Å²) in [4.78, 5) is 122. The van der Waals surface area contributed by atoms with E-state index in [9.17, 15) is 38.4 Å². The van der Waals surface area contributed by atoms with E-state index in [2.05, 4.69) is 39.9 Å². The number of aryl methyl sites for hydroxylation is 7. The summed E-state index contributed by atoms with van der Waals surface area (Å²) in [6.07, 6.45) is 8.05. The van der Waals surface area contributed by atoms with Gasteiger partial charge in [-0.1, -0.05) is 41.9 Å². The summed E-state index contributed by atoms with van der Waals surface area (Å²) in [6.45, 7) is 6.14. The molecule has 0 amide bonds. The fourth-order valence-electron chi connectivity index (χ4n) is 7.35. The average molecular weight is 1030 g/mol. The fourth-order valence-corrected chi connectivity index (χ4v) is 7.49. The highest BCUT2D eigenvalue weighted by atomic mass is 35.5. The average Bonchev–Trinajstić information content (AvgIpc) is 3.39. The molecule has 24 heteroatoms. The lowest BCUT2D eigenvalue weighted by atomic mass is 10.1. The van der Waals surface area contributed by atoms with Gasteiger partial charge in [0.15, 0.2) is 11.3 Å². The van der Waals surface area contributed by atoms with Gasteiger partial charge in [0.2, 0.25) is 5.56 Å². The predicted octanol–water partition coefficient (Wildman–Crippen LogP) is 2.63. The Morgan fingerprint density at radius 1 is 0.533 bits per heavy atom. The molecule has 11 rings (SSSR count). The lowest BCUT2D eigenvalue weighted by molar-refractivity contribution is 0.666. The number of nitrogens with zero attached hydrogens (tertiary/aromatic N) is 14. The second-order valence-electron chi connectivity index (χ2n) is 17.0. The Balaban J connectivity index is 0.000000140. The predicted molar refractivity (Wildman–Crippen MR) is 285 cm³/mol. The van der Waals surface area contributed by atoms with Gasteiger partial charge in [0.05, 0.1) is 23.6 Å². The van der Waals surface area contributed by atoms with Gasteiger partial charge in [-0.15, -0.1) is 0 Å². The molecule has 0 atom stereocenters. The Labute approximate surface area is 427 Å². The number of aromatic amines is 1. The summed E-state index contributed by atoms with van der Waals surface area (Å²) in [5.74, 6) is 0. The van der Waals surface area contributed by atoms with Crippen LogP contribution in [0.5, 0.6) is 0 Å². The molecule has 1 aromatic carbocycles. The number of fused-ring (bicyclic) bond motifs is 5. The molecule has 1 N–H and O–H groups in total. The number of nitrogens with one attached hydrogen (secondary N) is 1. The number of rotatable bonds is 2. The molecular weight excluding hydrogens is 986 g/mol. The normalized spacial score (nSPS) is 10.7. The maximum Gasteiger partial charge on any atom is 0.349 e. The molecule has 75 heavy (non-hydrogen) atoms. The number of hydrogen-bond donors (Lipinski definition) is 1. The van der Waals surface area contributed by atoms with Gasteiger partial charge in [-0.25, -0.2) is 39.1 Å². The third-order valence-corrected chi connectivity index (χ3v) is 12.0. The first-order valence-corrected chi connectivity index (χ1v) is 23.0. The molecule has 0 aliphatic carbocycles. The van der Waals surface area contributed by atoms with Crippen molar-refractivity contribution in [2.75, 3.05) is 0 Å². The molecule has 0 saturated heterocycles. The molecule has 0 bridgehead atoms. The third-order valence-electron chi connectivity index (χ3n) is 11.8. The van der Waals surface area contributed by atoms with Gasteiger partial charge in [-0.3, -0.25) is 32.9 Å². The minimum atomic E-state index is -0.380. The first kappa shape index (κ1) is 53.2. The number of benzene rings is 1. The van der Waals surface area contributed by atoms with E-state index < -0.39 is 0 Å². The monoisotopic (exact) mass is 1030 g/mol. The summed E-state index contributed by atoms with van der Waals surface area (Å²) < 4.78 is 9.67. The van der Waals surface area contributed by atoms with Gasteiger partial charge in [-0.2, -0.15) is 15.0 Å². The van der Waals surface area contributed by atoms with Crippen LogP contribution in [0.25, 0.3) is 55.2 Å². The largest absolute Gasteiger partial charge is 0.349 e. The SMILES string of the molecule is Cc1nc2c(c(C)c1C)c(=O)n(C)c(=O)n2Cc1ccccc1.Cn1cc2ccc(=O)[nH]c2nc1=O.Cn1cc2ccc(=O)n(C)c2nc1=O.Cn1cc2ccc(Cl)nc2nc1=O.Cn1cnc2ncccc2c1=O. The highest BCUT2D eigenvalue weighted by Gasteiger charge is 2.17. The van der Waals surface area contributed by atoms with E-state index in [1.807, 2.05) is 51.1 Å². The van der Waals surface area contributed by atoms with Gasteiger partial charge >= 0.3 is 22.8 Å². The zero-order valence-electron chi connectivity index (χ0n) is 42.0. The third kappa shape index (κ3) is 11.8. The van der Waals surface area contributed by atoms with Crippen LogP contribution in [0, 0.1) is 20.8 Å². The molecule has 0 aliphatic rings. The Morgan fingerprint density at radius 3 is 1.87 bits per heavy atom. The summed E-state index contributed by atoms with van der Waals surface area (Å²) in [7, 11) is 9.66. The zero-order valence-corrected chi connectivity index (χ0v) is 42.8. The second kappa shape index (κ2) is 22.4. The minimum Gasteiger partial charge on any atom is -0.306 e. The van der Waals surface area contributed by atoms with Crippen LogP contribution in [-0.4, -0.2) is 71.8 Å². The number of aromatic nitrogens is 15. The van der Waals surface area contributed by atoms with Crippen LogP contribution in [0.3, 0.4) is 0 Å². The number of hydrogen-bond acceptors (Lipinski definition) is 15. The fraction of sp³-hybridized carbons (Fsp3) is 0.196. The van der Waals surface area contributed by atoms with Crippen molar-refractivity contribution in [2.45, 2.75) is 27.3 Å². The second-order valence-corrected chi connectivity index (χ2v) is 17.4. The molecule has 0 unspecified atom stereocenters. The first-order chi connectivity index (χ1) is 35.6. The van der Waals surface area contributed by atoms with Crippen LogP contribution < -0.4 is 45.0 Å². The van der Waals surface area contributed by atoms with Crippen molar-refractivity contribution in [3.63, 3.8) is 0 Å². The van der Waals surface area contributed by atoms with E-state index in [1.165, 1.54) is 48.3 Å². The number of pyridine rings is 5. The maximum atomic E-state index is 12.6. The van der Waals surface area contributed by atoms with Crippen molar-refractivity contribution in [2.24, 2.45) is 42.3 Å². The summed E-state index contributed by atoms with van der Waals surface area (Å²) in [5, 5.41) is 3.73. The topological polar surface area (TPSA) is 277 Å². The van der Waals surface area contributed by atoms with Gasteiger partial charge < -0.3 is 23.3 Å². The number of halogens is 1. The van der Waals surface area contributed by atoms with E-state index in [-0.39, 0.29) is 45.0 Å². The van der Waals surface area contributed by atoms with Crippen LogP contribution in [0.1, 0.15) is 22.4 Å². The molecule has 10 heterocycles. The molecule has 10 aromatic heterocycles. The summed E-state index contributed by atoms with van der Waals surface area (Å²) in [5.41, 5.74) is 3.60. The molecule has 0 aliphatic heterocycles. The Hall–Kier alpha value is -9.64. The van der Waals surface area contributed by atoms with Crippen LogP contribution in [0.15, 0.2) is 148 Å². The van der Waals surface area contributed by atoms with Gasteiger partial charge in [0, 0.05) is 101 Å². The standard InChI is InChI=1S/C18H19N3O2.C9H9N3O2.C8H6ClN3O.C8H7N3O2.C8H7N3O/c1-11-12(2)15-16(19-13(11)3)21(18(23)20(4)17(15)22)10-14-8-6-5-7-9-14;1-11-5-6-3-4-7(13)12(2)8(6)10-9(11)14;1-12-4-5-2-3-6(9)10-7(5)11-8(12)13;1-11-4-5-2-3-6(12)9-7(5)10-8(11)13;1-11-5-10-7-6(8(11)12)3-2-4-9-7/h5-9H,10H2,1-4H3;3-5H,1-2H3;2-4H,1H3;2-4H,1H3,(H,9,10,12,13);2-5H,1H3. The molecule has 0 saturated carbocycles. The molecular formula is C51H48ClN15O8. The van der Waals surface area contributed by atoms with E-state index >= 15 is 0 Å². The van der Waals surface area contributed by atoms with Gasteiger partial charge in [0.25, 0.3) is 16.7 Å². The smallest absolute Gasteiger partial charge is 0.306 e. The van der Waals surface area contributed by atoms with Gasteiger partial charge in [-0.05, 0) is 73.9 Å². The van der Waals surface area contributed by atoms with E-state index in [0.717, 1.165) is 43.1 Å². The lowest BCUT2D eigenvalue weighted by Crippen LogP contribution is -2.39. The first-order valence-electron chi connectivity index (χ1n) is 22.6. The van der Waals surface area contributed by atoms with Crippen LogP contribution >= 0.6 is 11.6 Å². The van der Waals surface area contributed by atoms with Crippen molar-refractivity contribution in [3.05, 3.63) is 221 Å². The van der Waals surface area contributed by atoms with Crippen LogP contribution in [0.4, 0.5) is 0 Å². The zero-order chi connectivity index (χ0) is 54.4. The highest BCUT2D eigenvalue weighted by molar-refractivity contribution is 6.29. The summed E-state index contributed by atoms with van der Waals surface area (Å²) >= 11 is 5.65. The molecule has 382 valence electrons. The Kier molecular flexibility index (Phi) is 15.9. The van der Waals surface area contributed by atoms with Crippen LogP contribution in [0.2, 0.25) is 5.15 Å². The molecule has 0 spiro atoms. The quantitative estimate of drug-likeness (QED) is 0.244. The van der Waals surface area contributed by atoms with E-state index in [1.54, 1.807) is 101 Å². The highest BCUT2D eigenvalue weighted by Crippen LogP contribution is 2.19. The molecule has 0 radical (unpaired) electrons. The van der Waals surface area contributed by atoms with Crippen molar-refractivity contribution < 1.29 is 0 Å². The Bertz CT molecular complexity index is 4500. The van der Waals surface area contributed by atoms with Gasteiger partial charge in [0.1, 0.15) is 22.1 Å². The van der Waals surface area contributed by atoms with E-state index in [4.69, 9.17) is 11.6 Å². The van der Waals surface area contributed by atoms with Crippen molar-refractivity contribution >= 4 is 66.8 Å².